The van der Waals surface area contributed by atoms with Crippen molar-refractivity contribution in [1.29, 1.82) is 0 Å². The fraction of sp³-hybridized carbons (Fsp3) is 0.958. The number of amides is 1. The average Bonchev–Trinajstić information content (AvgIpc) is 2.22. The molecule has 6 fully saturated rings. The van der Waals surface area contributed by atoms with E-state index in [1.807, 2.05) is 20.8 Å². The van der Waals surface area contributed by atoms with Crippen molar-refractivity contribution in [2.75, 3.05) is 0 Å². The SMILES string of the molecule is C.CC(C)(C)C(=O)NC12CC(C(C)(C)C)(C1)C2.CC(C)(C)C12CC(N)(C1)C2.Cl. The summed E-state index contributed by atoms with van der Waals surface area (Å²) in [7, 11) is 0. The lowest BCUT2D eigenvalue weighted by Gasteiger charge is -2.75. The molecule has 0 spiro atoms. The predicted molar refractivity (Wildman–Crippen MR) is 123 cm³/mol. The van der Waals surface area contributed by atoms with Gasteiger partial charge in [-0.1, -0.05) is 69.7 Å². The van der Waals surface area contributed by atoms with Gasteiger partial charge in [-0.05, 0) is 60.2 Å². The fourth-order valence-electron chi connectivity index (χ4n) is 5.81. The Hall–Kier alpha value is -0.280. The average molecular weight is 415 g/mol. The molecule has 4 bridgehead atoms. The number of carbonyl (C=O) groups is 1. The zero-order valence-corrected chi connectivity index (χ0v) is 20.0. The monoisotopic (exact) mass is 414 g/mol. The molecule has 0 aromatic heterocycles. The van der Waals surface area contributed by atoms with Crippen molar-refractivity contribution in [3.63, 3.8) is 0 Å². The molecule has 28 heavy (non-hydrogen) atoms. The van der Waals surface area contributed by atoms with Crippen molar-refractivity contribution >= 4 is 18.3 Å². The van der Waals surface area contributed by atoms with Gasteiger partial charge < -0.3 is 11.1 Å². The summed E-state index contributed by atoms with van der Waals surface area (Å²) in [4.78, 5) is 11.9. The van der Waals surface area contributed by atoms with Crippen LogP contribution in [-0.4, -0.2) is 17.0 Å². The predicted octanol–water partition coefficient (Wildman–Crippen LogP) is 6.09. The third-order valence-electron chi connectivity index (χ3n) is 8.34. The Balaban J connectivity index is 0.000000284. The van der Waals surface area contributed by atoms with E-state index in [4.69, 9.17) is 5.73 Å². The Kier molecular flexibility index (Phi) is 6.08. The second-order valence-electron chi connectivity index (χ2n) is 13.5. The highest BCUT2D eigenvalue weighted by Crippen LogP contribution is 2.74. The molecule has 1 amide bonds. The number of halogens is 1. The molecule has 6 aliphatic carbocycles. The Morgan fingerprint density at radius 3 is 1.29 bits per heavy atom. The van der Waals surface area contributed by atoms with Crippen LogP contribution in [0.3, 0.4) is 0 Å². The lowest BCUT2D eigenvalue weighted by atomic mass is 9.33. The zero-order chi connectivity index (χ0) is 20.0. The smallest absolute Gasteiger partial charge is 0.225 e. The molecule has 166 valence electrons. The minimum absolute atomic E-state index is 0. The maximum absolute atomic E-state index is 11.9. The van der Waals surface area contributed by atoms with Crippen LogP contribution in [-0.2, 0) is 4.79 Å². The van der Waals surface area contributed by atoms with Crippen LogP contribution >= 0.6 is 12.4 Å². The molecule has 6 saturated carbocycles. The van der Waals surface area contributed by atoms with E-state index in [0.717, 1.165) is 0 Å². The van der Waals surface area contributed by atoms with Crippen LogP contribution in [0.5, 0.6) is 0 Å². The highest BCUT2D eigenvalue weighted by Gasteiger charge is 2.72. The standard InChI is InChI=1S/C14H25NO.C9H17N.CH4.ClH/c1-11(2,3)10(16)15-14-7-13(8-14,9-14)12(4,5)6;1-7(2,3)8-4-9(10,5-8)6-8;;/h7-9H2,1-6H3,(H,15,16);4-6,10H2,1-3H3;1H4;1H. The number of hydrogen-bond acceptors (Lipinski definition) is 2. The summed E-state index contributed by atoms with van der Waals surface area (Å²) in [5, 5.41) is 3.26. The summed E-state index contributed by atoms with van der Waals surface area (Å²) in [5.41, 5.74) is 8.20. The quantitative estimate of drug-likeness (QED) is 0.545. The van der Waals surface area contributed by atoms with E-state index >= 15 is 0 Å². The summed E-state index contributed by atoms with van der Waals surface area (Å²) < 4.78 is 0. The first kappa shape index (κ1) is 25.8. The minimum atomic E-state index is -0.260. The topological polar surface area (TPSA) is 55.1 Å². The highest BCUT2D eigenvalue weighted by atomic mass is 35.5. The molecule has 0 heterocycles. The van der Waals surface area contributed by atoms with Gasteiger partial charge in [-0.15, -0.1) is 12.4 Å². The molecule has 0 saturated heterocycles. The van der Waals surface area contributed by atoms with Crippen molar-refractivity contribution < 1.29 is 4.79 Å². The summed E-state index contributed by atoms with van der Waals surface area (Å²) in [5.74, 6) is 0.203. The van der Waals surface area contributed by atoms with Gasteiger partial charge in [0.15, 0.2) is 0 Å². The van der Waals surface area contributed by atoms with Crippen LogP contribution in [0.25, 0.3) is 0 Å². The van der Waals surface area contributed by atoms with E-state index in [2.05, 4.69) is 46.9 Å². The maximum atomic E-state index is 11.9. The van der Waals surface area contributed by atoms with Gasteiger partial charge in [0, 0.05) is 16.5 Å². The number of nitrogens with one attached hydrogen (secondary N) is 1. The minimum Gasteiger partial charge on any atom is -0.350 e. The highest BCUT2D eigenvalue weighted by molar-refractivity contribution is 5.85. The molecule has 0 atom stereocenters. The van der Waals surface area contributed by atoms with Crippen LogP contribution in [0.2, 0.25) is 0 Å². The Morgan fingerprint density at radius 1 is 0.750 bits per heavy atom. The van der Waals surface area contributed by atoms with Gasteiger partial charge in [-0.25, -0.2) is 0 Å². The van der Waals surface area contributed by atoms with Crippen molar-refractivity contribution in [2.24, 2.45) is 32.8 Å². The second-order valence-corrected chi connectivity index (χ2v) is 13.5. The van der Waals surface area contributed by atoms with E-state index in [9.17, 15) is 4.79 Å². The molecule has 0 aliphatic heterocycles. The molecule has 0 aromatic rings. The van der Waals surface area contributed by atoms with E-state index in [1.165, 1.54) is 38.5 Å². The van der Waals surface area contributed by atoms with Crippen molar-refractivity contribution in [1.82, 2.24) is 5.32 Å². The molecule has 6 rings (SSSR count). The Morgan fingerprint density at radius 2 is 1.07 bits per heavy atom. The van der Waals surface area contributed by atoms with Crippen LogP contribution in [0.15, 0.2) is 0 Å². The molecule has 6 aliphatic rings. The molecule has 3 N–H and O–H groups in total. The molecule has 0 unspecified atom stereocenters. The first-order chi connectivity index (χ1) is 11.4. The van der Waals surface area contributed by atoms with Gasteiger partial charge in [0.1, 0.15) is 0 Å². The Bertz CT molecular complexity index is 578. The number of carbonyl (C=O) groups excluding carboxylic acids is 1. The summed E-state index contributed by atoms with van der Waals surface area (Å²) >= 11 is 0. The van der Waals surface area contributed by atoms with E-state index in [0.29, 0.717) is 21.7 Å². The first-order valence-electron chi connectivity index (χ1n) is 10.5. The second kappa shape index (κ2) is 6.61. The molecule has 0 radical (unpaired) electrons. The van der Waals surface area contributed by atoms with Crippen molar-refractivity contribution in [3.05, 3.63) is 0 Å². The summed E-state index contributed by atoms with van der Waals surface area (Å²) in [6.45, 7) is 19.9. The number of rotatable bonds is 1. The summed E-state index contributed by atoms with van der Waals surface area (Å²) in [6, 6.07) is 0. The molecular formula is C24H47ClN2O. The van der Waals surface area contributed by atoms with Crippen molar-refractivity contribution in [2.45, 2.75) is 119 Å². The van der Waals surface area contributed by atoms with Gasteiger partial charge in [-0.2, -0.15) is 0 Å². The first-order valence-corrected chi connectivity index (χ1v) is 10.5. The number of nitrogens with two attached hydrogens (primary N) is 1. The van der Waals surface area contributed by atoms with Gasteiger partial charge in [0.05, 0.1) is 0 Å². The zero-order valence-electron chi connectivity index (χ0n) is 19.1. The fourth-order valence-corrected chi connectivity index (χ4v) is 5.81. The normalized spacial score (nSPS) is 39.8. The largest absolute Gasteiger partial charge is 0.350 e. The van der Waals surface area contributed by atoms with Crippen molar-refractivity contribution in [3.8, 4) is 0 Å². The van der Waals surface area contributed by atoms with Crippen LogP contribution in [0.1, 0.15) is 108 Å². The lowest BCUT2D eigenvalue weighted by molar-refractivity contribution is -0.218. The van der Waals surface area contributed by atoms with E-state index in [-0.39, 0.29) is 42.2 Å². The number of hydrogen-bond donors (Lipinski definition) is 2. The molecule has 4 heteroatoms. The van der Waals surface area contributed by atoms with Gasteiger partial charge in [0.2, 0.25) is 5.91 Å². The third kappa shape index (κ3) is 3.75. The maximum Gasteiger partial charge on any atom is 0.225 e. The van der Waals surface area contributed by atoms with Crippen LogP contribution in [0.4, 0.5) is 0 Å². The van der Waals surface area contributed by atoms with Gasteiger partial charge >= 0.3 is 0 Å². The lowest BCUT2D eigenvalue weighted by Crippen LogP contribution is -2.78. The summed E-state index contributed by atoms with van der Waals surface area (Å²) in [6.07, 6.45) is 7.40. The molecule has 0 aromatic carbocycles. The van der Waals surface area contributed by atoms with Gasteiger partial charge in [0.25, 0.3) is 0 Å². The Labute approximate surface area is 180 Å². The third-order valence-corrected chi connectivity index (χ3v) is 8.34. The molecular weight excluding hydrogens is 368 g/mol. The van der Waals surface area contributed by atoms with Gasteiger partial charge in [-0.3, -0.25) is 4.79 Å². The van der Waals surface area contributed by atoms with Crippen LogP contribution < -0.4 is 11.1 Å². The van der Waals surface area contributed by atoms with E-state index < -0.39 is 0 Å². The van der Waals surface area contributed by atoms with E-state index in [1.54, 1.807) is 0 Å². The molecule has 3 nitrogen and oxygen atoms in total. The van der Waals surface area contributed by atoms with Crippen LogP contribution in [0, 0.1) is 27.1 Å².